The molecule has 0 radical (unpaired) electrons. The van der Waals surface area contributed by atoms with Crippen LogP contribution in [0, 0.1) is 0 Å². The molecule has 0 spiro atoms. The van der Waals surface area contributed by atoms with Crippen LogP contribution in [0.1, 0.15) is 17.4 Å². The fourth-order valence-corrected chi connectivity index (χ4v) is 1.38. The summed E-state index contributed by atoms with van der Waals surface area (Å²) in [7, 11) is 0. The summed E-state index contributed by atoms with van der Waals surface area (Å²) in [5, 5.41) is 7.39. The van der Waals surface area contributed by atoms with Gasteiger partial charge in [0.1, 0.15) is 5.15 Å². The van der Waals surface area contributed by atoms with Crippen molar-refractivity contribution in [2.45, 2.75) is 6.92 Å². The quantitative estimate of drug-likeness (QED) is 0.625. The van der Waals surface area contributed by atoms with Gasteiger partial charge in [-0.2, -0.15) is 5.10 Å². The number of ether oxygens (including phenoxy) is 1. The number of pyridine rings is 1. The molecule has 0 fully saturated rings. The highest BCUT2D eigenvalue weighted by Gasteiger charge is 2.14. The average Bonchev–Trinajstić information content (AvgIpc) is 2.60. The summed E-state index contributed by atoms with van der Waals surface area (Å²) in [5.41, 5.74) is 0.710. The molecule has 15 heavy (non-hydrogen) atoms. The molecule has 0 amide bonds. The number of carbonyl (C=O) groups excluding carboxylic acids is 1. The molecular weight excluding hydrogens is 218 g/mol. The predicted molar refractivity (Wildman–Crippen MR) is 54.9 cm³/mol. The minimum Gasteiger partial charge on any atom is -0.461 e. The smallest absolute Gasteiger partial charge is 0.357 e. The van der Waals surface area contributed by atoms with Crippen molar-refractivity contribution < 1.29 is 9.53 Å². The molecule has 2 heterocycles. The van der Waals surface area contributed by atoms with Gasteiger partial charge in [-0.15, -0.1) is 0 Å². The molecule has 0 saturated heterocycles. The third-order valence-corrected chi connectivity index (χ3v) is 2.07. The number of hydrogen-bond donors (Lipinski definition) is 1. The molecule has 2 rings (SSSR count). The Morgan fingerprint density at radius 2 is 2.40 bits per heavy atom. The lowest BCUT2D eigenvalue weighted by Crippen LogP contribution is -2.05. The maximum atomic E-state index is 11.5. The number of hydrogen-bond acceptors (Lipinski definition) is 4. The first-order valence-corrected chi connectivity index (χ1v) is 4.78. The first-order valence-electron chi connectivity index (χ1n) is 4.40. The topological polar surface area (TPSA) is 67.9 Å². The zero-order valence-electron chi connectivity index (χ0n) is 7.95. The van der Waals surface area contributed by atoms with Crippen molar-refractivity contribution >= 4 is 28.6 Å². The molecule has 0 aliphatic rings. The summed E-state index contributed by atoms with van der Waals surface area (Å²) >= 11 is 5.69. The van der Waals surface area contributed by atoms with E-state index in [0.29, 0.717) is 28.5 Å². The molecule has 6 heteroatoms. The minimum atomic E-state index is -0.441. The second-order valence-electron chi connectivity index (χ2n) is 2.82. The number of carbonyl (C=O) groups is 1. The minimum absolute atomic E-state index is 0.302. The van der Waals surface area contributed by atoms with Crippen molar-refractivity contribution in [2.24, 2.45) is 0 Å². The maximum Gasteiger partial charge on any atom is 0.357 e. The van der Waals surface area contributed by atoms with E-state index in [4.69, 9.17) is 16.3 Å². The lowest BCUT2D eigenvalue weighted by Gasteiger charge is -1.98. The summed E-state index contributed by atoms with van der Waals surface area (Å²) in [4.78, 5) is 15.4. The van der Waals surface area contributed by atoms with E-state index < -0.39 is 5.97 Å². The van der Waals surface area contributed by atoms with Crippen LogP contribution >= 0.6 is 11.6 Å². The maximum absolute atomic E-state index is 11.5. The molecule has 0 unspecified atom stereocenters. The summed E-state index contributed by atoms with van der Waals surface area (Å²) in [6.45, 7) is 2.06. The Kier molecular flexibility index (Phi) is 2.55. The SMILES string of the molecule is CCOC(=O)c1[nH]nc2nc(Cl)ccc12. The number of nitrogens with one attached hydrogen (secondary N) is 1. The number of nitrogens with zero attached hydrogens (tertiary/aromatic N) is 2. The van der Waals surface area contributed by atoms with Gasteiger partial charge in [0.05, 0.1) is 12.0 Å². The molecule has 5 nitrogen and oxygen atoms in total. The van der Waals surface area contributed by atoms with E-state index in [9.17, 15) is 4.79 Å². The Hall–Kier alpha value is -1.62. The summed E-state index contributed by atoms with van der Waals surface area (Å²) in [5.74, 6) is -0.441. The van der Waals surface area contributed by atoms with Crippen LogP contribution in [0.5, 0.6) is 0 Å². The van der Waals surface area contributed by atoms with Gasteiger partial charge in [0.15, 0.2) is 11.3 Å². The normalized spacial score (nSPS) is 10.5. The van der Waals surface area contributed by atoms with Crippen LogP contribution in [-0.4, -0.2) is 27.8 Å². The highest BCUT2D eigenvalue weighted by Crippen LogP contribution is 2.17. The van der Waals surface area contributed by atoms with Crippen molar-refractivity contribution in [1.29, 1.82) is 0 Å². The van der Waals surface area contributed by atoms with Crippen LogP contribution in [0.4, 0.5) is 0 Å². The first kappa shape index (κ1) is 9.92. The number of esters is 1. The van der Waals surface area contributed by atoms with Gasteiger partial charge in [0, 0.05) is 0 Å². The fraction of sp³-hybridized carbons (Fsp3) is 0.222. The molecule has 0 aliphatic heterocycles. The van der Waals surface area contributed by atoms with E-state index in [0.717, 1.165) is 0 Å². The van der Waals surface area contributed by atoms with Crippen LogP contribution < -0.4 is 0 Å². The summed E-state index contributed by atoms with van der Waals surface area (Å²) in [6, 6.07) is 3.28. The van der Waals surface area contributed by atoms with Crippen LogP contribution in [0.25, 0.3) is 11.0 Å². The van der Waals surface area contributed by atoms with Crippen LogP contribution in [0.2, 0.25) is 5.15 Å². The monoisotopic (exact) mass is 225 g/mol. The van der Waals surface area contributed by atoms with Crippen molar-refractivity contribution in [3.63, 3.8) is 0 Å². The third-order valence-electron chi connectivity index (χ3n) is 1.86. The van der Waals surface area contributed by atoms with Gasteiger partial charge in [0.25, 0.3) is 0 Å². The van der Waals surface area contributed by atoms with Crippen LogP contribution in [0.3, 0.4) is 0 Å². The Morgan fingerprint density at radius 3 is 3.13 bits per heavy atom. The molecule has 0 saturated carbocycles. The molecule has 2 aromatic rings. The highest BCUT2D eigenvalue weighted by molar-refractivity contribution is 6.29. The summed E-state index contributed by atoms with van der Waals surface area (Å²) < 4.78 is 4.85. The number of fused-ring (bicyclic) bond motifs is 1. The molecule has 78 valence electrons. The number of aromatic nitrogens is 3. The van der Waals surface area contributed by atoms with E-state index in [1.54, 1.807) is 19.1 Å². The van der Waals surface area contributed by atoms with Crippen molar-refractivity contribution in [3.8, 4) is 0 Å². The second kappa shape index (κ2) is 3.86. The number of H-pyrrole nitrogens is 1. The first-order chi connectivity index (χ1) is 7.22. The van der Waals surface area contributed by atoms with Crippen LogP contribution in [-0.2, 0) is 4.74 Å². The Labute approximate surface area is 90.4 Å². The van der Waals surface area contributed by atoms with Crippen molar-refractivity contribution in [2.75, 3.05) is 6.61 Å². The number of rotatable bonds is 2. The van der Waals surface area contributed by atoms with Gasteiger partial charge < -0.3 is 4.74 Å². The molecule has 2 aromatic heterocycles. The van der Waals surface area contributed by atoms with Gasteiger partial charge in [-0.1, -0.05) is 11.6 Å². The molecule has 1 N–H and O–H groups in total. The van der Waals surface area contributed by atoms with Gasteiger partial charge in [-0.3, -0.25) is 5.10 Å². The van der Waals surface area contributed by atoms with E-state index in [1.165, 1.54) is 0 Å². The van der Waals surface area contributed by atoms with Gasteiger partial charge in [-0.05, 0) is 19.1 Å². The van der Waals surface area contributed by atoms with E-state index >= 15 is 0 Å². The standard InChI is InChI=1S/C9H8ClN3O2/c1-2-15-9(14)7-5-3-4-6(10)11-8(5)13-12-7/h3-4H,2H2,1H3,(H,11,12,13). The highest BCUT2D eigenvalue weighted by atomic mass is 35.5. The zero-order chi connectivity index (χ0) is 10.8. The van der Waals surface area contributed by atoms with Gasteiger partial charge in [-0.25, -0.2) is 9.78 Å². The van der Waals surface area contributed by atoms with Crippen molar-refractivity contribution in [1.82, 2.24) is 15.2 Å². The molecule has 0 bridgehead atoms. The Balaban J connectivity index is 2.49. The van der Waals surface area contributed by atoms with Crippen molar-refractivity contribution in [3.05, 3.63) is 23.0 Å². The molecular formula is C9H8ClN3O2. The van der Waals surface area contributed by atoms with E-state index in [1.807, 2.05) is 0 Å². The Morgan fingerprint density at radius 1 is 1.60 bits per heavy atom. The third kappa shape index (κ3) is 1.78. The zero-order valence-corrected chi connectivity index (χ0v) is 8.71. The molecule has 0 atom stereocenters. The van der Waals surface area contributed by atoms with Crippen LogP contribution in [0.15, 0.2) is 12.1 Å². The average molecular weight is 226 g/mol. The summed E-state index contributed by atoms with van der Waals surface area (Å²) in [6.07, 6.45) is 0. The Bertz CT molecular complexity index is 509. The fourth-order valence-electron chi connectivity index (χ4n) is 1.23. The van der Waals surface area contributed by atoms with Gasteiger partial charge >= 0.3 is 5.97 Å². The predicted octanol–water partition coefficient (Wildman–Crippen LogP) is 1.79. The molecule has 0 aliphatic carbocycles. The lowest BCUT2D eigenvalue weighted by molar-refractivity contribution is 0.0521. The van der Waals surface area contributed by atoms with Gasteiger partial charge in [0.2, 0.25) is 0 Å². The van der Waals surface area contributed by atoms with E-state index in [2.05, 4.69) is 15.2 Å². The number of aromatic amines is 1. The number of halogens is 1. The molecule has 0 aromatic carbocycles. The lowest BCUT2D eigenvalue weighted by atomic mass is 10.3. The largest absolute Gasteiger partial charge is 0.461 e. The second-order valence-corrected chi connectivity index (χ2v) is 3.21. The van der Waals surface area contributed by atoms with E-state index in [-0.39, 0.29) is 0 Å².